The molecule has 0 radical (unpaired) electrons. The largest absolute Gasteiger partial charge is 0.394 e. The van der Waals surface area contributed by atoms with Crippen LogP contribution in [0.4, 0.5) is 0 Å². The molecule has 11 heteroatoms. The highest BCUT2D eigenvalue weighted by Crippen LogP contribution is 2.27. The fraction of sp³-hybridized carbons (Fsp3) is 1.00. The summed E-state index contributed by atoms with van der Waals surface area (Å²) in [7, 11) is 0. The molecule has 0 aromatic rings. The molecule has 0 bridgehead atoms. The van der Waals surface area contributed by atoms with Gasteiger partial charge in [0.1, 0.15) is 42.7 Å². The summed E-state index contributed by atoms with van der Waals surface area (Å²) in [6.45, 7) is -1.23. The Morgan fingerprint density at radius 2 is 1.17 bits per heavy atom. The van der Waals surface area contributed by atoms with Crippen molar-refractivity contribution in [3.8, 4) is 0 Å². The molecule has 23 heavy (non-hydrogen) atoms. The minimum Gasteiger partial charge on any atom is -0.394 e. The molecule has 0 unspecified atom stereocenters. The van der Waals surface area contributed by atoms with Crippen molar-refractivity contribution < 1.29 is 50.0 Å². The smallest absolute Gasteiger partial charge is 0.189 e. The zero-order valence-corrected chi connectivity index (χ0v) is 12.1. The van der Waals surface area contributed by atoms with Gasteiger partial charge >= 0.3 is 0 Å². The first-order chi connectivity index (χ1) is 10.8. The third-order valence-electron chi connectivity index (χ3n) is 4.05. The van der Waals surface area contributed by atoms with Crippen LogP contribution in [0.25, 0.3) is 0 Å². The van der Waals surface area contributed by atoms with Crippen LogP contribution in [0.3, 0.4) is 0 Å². The number of nitrogens with two attached hydrogens (primary N) is 1. The van der Waals surface area contributed by atoms with Gasteiger partial charge in [-0.1, -0.05) is 0 Å². The Bertz CT molecular complexity index is 349. The van der Waals surface area contributed by atoms with E-state index < -0.39 is 74.6 Å². The summed E-state index contributed by atoms with van der Waals surface area (Å²) in [6, 6.07) is -1.18. The quantitative estimate of drug-likeness (QED) is 0.243. The van der Waals surface area contributed by atoms with E-state index in [0.29, 0.717) is 0 Å². The first-order valence-corrected chi connectivity index (χ1v) is 7.15. The second-order valence-electron chi connectivity index (χ2n) is 5.62. The maximum Gasteiger partial charge on any atom is 0.189 e. The lowest BCUT2D eigenvalue weighted by atomic mass is 9.97. The minimum absolute atomic E-state index is 0.587. The molecule has 11 nitrogen and oxygen atoms in total. The Morgan fingerprint density at radius 3 is 1.70 bits per heavy atom. The molecule has 2 aliphatic rings. The maximum atomic E-state index is 9.96. The molecule has 0 aromatic carbocycles. The molecule has 2 saturated heterocycles. The van der Waals surface area contributed by atoms with Crippen molar-refractivity contribution in [1.29, 1.82) is 0 Å². The highest BCUT2D eigenvalue weighted by molar-refractivity contribution is 4.93. The van der Waals surface area contributed by atoms with Crippen molar-refractivity contribution >= 4 is 0 Å². The summed E-state index contributed by atoms with van der Waals surface area (Å²) in [5, 5.41) is 67.1. The van der Waals surface area contributed by atoms with Gasteiger partial charge < -0.3 is 55.7 Å². The van der Waals surface area contributed by atoms with Crippen LogP contribution in [0.2, 0.25) is 0 Å². The number of aliphatic hydroxyl groups is 7. The Morgan fingerprint density at radius 1 is 0.696 bits per heavy atom. The number of ether oxygens (including phenoxy) is 3. The number of hydrogen-bond donors (Lipinski definition) is 8. The molecule has 0 amide bonds. The van der Waals surface area contributed by atoms with Crippen LogP contribution >= 0.6 is 0 Å². The molecule has 2 rings (SSSR count). The average Bonchev–Trinajstić information content (AvgIpc) is 2.55. The predicted octanol–water partition coefficient (Wildman–Crippen LogP) is -5.43. The van der Waals surface area contributed by atoms with Crippen molar-refractivity contribution in [3.05, 3.63) is 0 Å². The van der Waals surface area contributed by atoms with Crippen LogP contribution in [0.15, 0.2) is 0 Å². The van der Waals surface area contributed by atoms with Crippen molar-refractivity contribution in [2.75, 3.05) is 13.2 Å². The summed E-state index contributed by atoms with van der Waals surface area (Å²) in [6.07, 6.45) is -13.0. The van der Waals surface area contributed by atoms with Crippen LogP contribution < -0.4 is 5.73 Å². The molecule has 2 aliphatic heterocycles. The van der Waals surface area contributed by atoms with Gasteiger partial charge in [0.25, 0.3) is 0 Å². The van der Waals surface area contributed by atoms with E-state index >= 15 is 0 Å². The summed E-state index contributed by atoms with van der Waals surface area (Å²) in [5.41, 5.74) is 5.62. The molecule has 2 fully saturated rings. The standard InChI is InChI=1S/C12H23NO10/c13-5-6(16)3(1-14)21-11(8(5)18)23-12-10(20)9(19)7(17)4(2-15)22-12/h3-12,14-20H,1-2,13H2/t3-,4-,5+,6-,7+,8+,9+,10-,11-,12-/m1/s1. The lowest BCUT2D eigenvalue weighted by Gasteiger charge is -2.44. The van der Waals surface area contributed by atoms with Gasteiger partial charge in [0.15, 0.2) is 12.6 Å². The van der Waals surface area contributed by atoms with Crippen molar-refractivity contribution in [1.82, 2.24) is 0 Å². The van der Waals surface area contributed by atoms with Gasteiger partial charge in [0, 0.05) is 0 Å². The van der Waals surface area contributed by atoms with E-state index in [1.54, 1.807) is 0 Å². The number of rotatable bonds is 4. The van der Waals surface area contributed by atoms with Gasteiger partial charge in [0.05, 0.1) is 19.3 Å². The van der Waals surface area contributed by atoms with Crippen LogP contribution in [-0.2, 0) is 14.2 Å². The number of hydrogen-bond acceptors (Lipinski definition) is 11. The van der Waals surface area contributed by atoms with Gasteiger partial charge in [0.2, 0.25) is 0 Å². The topological polar surface area (TPSA) is 195 Å². The van der Waals surface area contributed by atoms with E-state index in [9.17, 15) is 25.5 Å². The first-order valence-electron chi connectivity index (χ1n) is 7.15. The van der Waals surface area contributed by atoms with Crippen molar-refractivity contribution in [3.63, 3.8) is 0 Å². The minimum atomic E-state index is -1.68. The monoisotopic (exact) mass is 341 g/mol. The predicted molar refractivity (Wildman–Crippen MR) is 70.6 cm³/mol. The zero-order chi connectivity index (χ0) is 17.3. The van der Waals surface area contributed by atoms with E-state index in [1.165, 1.54) is 0 Å². The highest BCUT2D eigenvalue weighted by atomic mass is 16.8. The van der Waals surface area contributed by atoms with Crippen molar-refractivity contribution in [2.24, 2.45) is 5.73 Å². The zero-order valence-electron chi connectivity index (χ0n) is 12.1. The summed E-state index contributed by atoms with van der Waals surface area (Å²) < 4.78 is 15.5. The fourth-order valence-corrected chi connectivity index (χ4v) is 2.54. The van der Waals surface area contributed by atoms with E-state index in [-0.39, 0.29) is 0 Å². The van der Waals surface area contributed by atoms with Gasteiger partial charge in [-0.25, -0.2) is 0 Å². The summed E-state index contributed by atoms with van der Waals surface area (Å²) >= 11 is 0. The molecule has 0 aromatic heterocycles. The molecule has 0 saturated carbocycles. The molecular weight excluding hydrogens is 318 g/mol. The third-order valence-corrected chi connectivity index (χ3v) is 4.05. The lowest BCUT2D eigenvalue weighted by Crippen LogP contribution is -2.65. The molecule has 10 atom stereocenters. The second kappa shape index (κ2) is 7.63. The first kappa shape index (κ1) is 18.9. The van der Waals surface area contributed by atoms with Gasteiger partial charge in [-0.3, -0.25) is 0 Å². The molecule has 136 valence electrons. The third kappa shape index (κ3) is 3.65. The Balaban J connectivity index is 2.07. The average molecular weight is 341 g/mol. The fourth-order valence-electron chi connectivity index (χ4n) is 2.54. The normalized spacial score (nSPS) is 51.7. The molecule has 2 heterocycles. The Kier molecular flexibility index (Phi) is 6.27. The Labute approximate surface area is 131 Å². The van der Waals surface area contributed by atoms with Crippen LogP contribution in [0.5, 0.6) is 0 Å². The van der Waals surface area contributed by atoms with E-state index in [0.717, 1.165) is 0 Å². The van der Waals surface area contributed by atoms with Crippen LogP contribution in [0, 0.1) is 0 Å². The van der Waals surface area contributed by atoms with Crippen LogP contribution in [-0.4, -0.2) is 110 Å². The van der Waals surface area contributed by atoms with Crippen LogP contribution in [0.1, 0.15) is 0 Å². The van der Waals surface area contributed by atoms with Gasteiger partial charge in [-0.05, 0) is 0 Å². The van der Waals surface area contributed by atoms with E-state index in [1.807, 2.05) is 0 Å². The van der Waals surface area contributed by atoms with Gasteiger partial charge in [-0.15, -0.1) is 0 Å². The highest BCUT2D eigenvalue weighted by Gasteiger charge is 2.49. The summed E-state index contributed by atoms with van der Waals surface area (Å²) in [5.74, 6) is 0. The molecular formula is C12H23NO10. The maximum absolute atomic E-state index is 9.96. The number of aliphatic hydroxyl groups excluding tert-OH is 7. The molecule has 9 N–H and O–H groups in total. The molecule has 0 aliphatic carbocycles. The Hall–Kier alpha value is -0.440. The van der Waals surface area contributed by atoms with Crippen molar-refractivity contribution in [2.45, 2.75) is 61.3 Å². The molecule has 0 spiro atoms. The second-order valence-corrected chi connectivity index (χ2v) is 5.62. The lowest BCUT2D eigenvalue weighted by molar-refractivity contribution is -0.368. The van der Waals surface area contributed by atoms with Gasteiger partial charge in [-0.2, -0.15) is 0 Å². The van der Waals surface area contributed by atoms with E-state index in [2.05, 4.69) is 0 Å². The van der Waals surface area contributed by atoms with E-state index in [4.69, 9.17) is 30.2 Å². The summed E-state index contributed by atoms with van der Waals surface area (Å²) in [4.78, 5) is 0. The SMILES string of the molecule is N[C@@H]1[C@H](O)[C@@H](O[C@H]2O[C@H](CO)[C@H](O)[C@H](O)[C@H]2O)O[C@H](CO)[C@H]1O.